The lowest BCUT2D eigenvalue weighted by Crippen LogP contribution is -2.14. The predicted octanol–water partition coefficient (Wildman–Crippen LogP) is 1.32. The fourth-order valence-corrected chi connectivity index (χ4v) is 1.20. The van der Waals surface area contributed by atoms with Crippen LogP contribution in [0.5, 0.6) is 0 Å². The van der Waals surface area contributed by atoms with Crippen LogP contribution in [0, 0.1) is 0 Å². The Morgan fingerprint density at radius 2 is 2.38 bits per heavy atom. The van der Waals surface area contributed by atoms with E-state index in [0.29, 0.717) is 31.1 Å². The molecule has 1 aromatic rings. The average molecular weight is 224 g/mol. The number of carbonyl (C=O) groups excluding carboxylic acids is 1. The van der Waals surface area contributed by atoms with Gasteiger partial charge in [0.1, 0.15) is 0 Å². The maximum absolute atomic E-state index is 11.5. The molecular weight excluding hydrogens is 208 g/mol. The summed E-state index contributed by atoms with van der Waals surface area (Å²) in [6.07, 6.45) is 1.56. The molecule has 1 aromatic heterocycles. The van der Waals surface area contributed by atoms with Crippen LogP contribution in [0.2, 0.25) is 0 Å². The molecule has 1 N–H and O–H groups in total. The molecule has 0 bridgehead atoms. The fraction of sp³-hybridized carbons (Fsp3) is 0.455. The van der Waals surface area contributed by atoms with E-state index in [-0.39, 0.29) is 0 Å². The van der Waals surface area contributed by atoms with Gasteiger partial charge in [0.25, 0.3) is 0 Å². The highest BCUT2D eigenvalue weighted by atomic mass is 16.5. The Morgan fingerprint density at radius 1 is 1.56 bits per heavy atom. The highest BCUT2D eigenvalue weighted by molar-refractivity contribution is 5.93. The number of hydrogen-bond acceptors (Lipinski definition) is 5. The molecule has 0 unspecified atom stereocenters. The lowest BCUT2D eigenvalue weighted by atomic mass is 10.3. The van der Waals surface area contributed by atoms with Crippen molar-refractivity contribution in [2.45, 2.75) is 6.92 Å². The molecule has 0 atom stereocenters. The Hall–Kier alpha value is -1.62. The first-order valence-corrected chi connectivity index (χ1v) is 5.14. The van der Waals surface area contributed by atoms with Crippen LogP contribution in [0.15, 0.2) is 18.3 Å². The molecule has 0 spiro atoms. The van der Waals surface area contributed by atoms with Crippen LogP contribution >= 0.6 is 0 Å². The quantitative estimate of drug-likeness (QED) is 0.583. The van der Waals surface area contributed by atoms with Crippen molar-refractivity contribution in [3.8, 4) is 0 Å². The Kier molecular flexibility index (Phi) is 5.28. The minimum atomic E-state index is -0.414. The molecule has 16 heavy (non-hydrogen) atoms. The van der Waals surface area contributed by atoms with E-state index in [4.69, 9.17) is 9.47 Å². The van der Waals surface area contributed by atoms with Crippen molar-refractivity contribution in [2.75, 3.05) is 32.2 Å². The number of rotatable bonds is 6. The number of nitrogens with zero attached hydrogens (tertiary/aromatic N) is 1. The Balaban J connectivity index is 2.71. The first-order chi connectivity index (χ1) is 7.79. The minimum absolute atomic E-state index is 0.306. The van der Waals surface area contributed by atoms with Crippen LogP contribution in [-0.4, -0.2) is 37.8 Å². The number of aromatic nitrogens is 1. The number of hydrogen-bond donors (Lipinski definition) is 1. The summed E-state index contributed by atoms with van der Waals surface area (Å²) in [5, 5.41) is 3.07. The minimum Gasteiger partial charge on any atom is -0.461 e. The molecule has 1 heterocycles. The number of carbonyl (C=O) groups is 1. The van der Waals surface area contributed by atoms with Crippen molar-refractivity contribution in [3.63, 3.8) is 0 Å². The molecule has 0 saturated heterocycles. The monoisotopic (exact) mass is 224 g/mol. The number of pyridine rings is 1. The van der Waals surface area contributed by atoms with Crippen molar-refractivity contribution in [2.24, 2.45) is 0 Å². The summed E-state index contributed by atoms with van der Waals surface area (Å²) in [6, 6.07) is 3.55. The van der Waals surface area contributed by atoms with Gasteiger partial charge < -0.3 is 14.8 Å². The zero-order valence-electron chi connectivity index (χ0n) is 9.53. The van der Waals surface area contributed by atoms with Gasteiger partial charge in [0.15, 0.2) is 5.69 Å². The van der Waals surface area contributed by atoms with Crippen molar-refractivity contribution >= 4 is 11.7 Å². The summed E-state index contributed by atoms with van der Waals surface area (Å²) in [4.78, 5) is 15.5. The molecule has 0 fully saturated rings. The standard InChI is InChI=1S/C11H16N2O3/c1-3-16-11(14)10-9(5-4-6-13-10)12-7-8-15-2/h4-6,12H,3,7-8H2,1-2H3. The zero-order chi connectivity index (χ0) is 11.8. The summed E-state index contributed by atoms with van der Waals surface area (Å²) in [7, 11) is 1.62. The molecule has 0 aliphatic heterocycles. The largest absolute Gasteiger partial charge is 0.461 e. The molecule has 0 saturated carbocycles. The van der Waals surface area contributed by atoms with Crippen LogP contribution in [0.25, 0.3) is 0 Å². The van der Waals surface area contributed by atoms with Crippen molar-refractivity contribution in [1.29, 1.82) is 0 Å². The molecule has 0 aromatic carbocycles. The van der Waals surface area contributed by atoms with Crippen LogP contribution in [0.1, 0.15) is 17.4 Å². The van der Waals surface area contributed by atoms with Crippen molar-refractivity contribution < 1.29 is 14.3 Å². The SMILES string of the molecule is CCOC(=O)c1ncccc1NCCOC. The molecule has 0 aliphatic carbocycles. The van der Waals surface area contributed by atoms with E-state index >= 15 is 0 Å². The fourth-order valence-electron chi connectivity index (χ4n) is 1.20. The third kappa shape index (κ3) is 3.51. The first-order valence-electron chi connectivity index (χ1n) is 5.14. The molecule has 1 rings (SSSR count). The lowest BCUT2D eigenvalue weighted by Gasteiger charge is -2.09. The maximum Gasteiger partial charge on any atom is 0.359 e. The first kappa shape index (κ1) is 12.4. The Morgan fingerprint density at radius 3 is 3.06 bits per heavy atom. The van der Waals surface area contributed by atoms with Gasteiger partial charge >= 0.3 is 5.97 Å². The van der Waals surface area contributed by atoms with Crippen LogP contribution in [-0.2, 0) is 9.47 Å². The summed E-state index contributed by atoms with van der Waals surface area (Å²) < 4.78 is 9.81. The third-order valence-corrected chi connectivity index (χ3v) is 1.90. The predicted molar refractivity (Wildman–Crippen MR) is 60.6 cm³/mol. The number of ether oxygens (including phenoxy) is 2. The van der Waals surface area contributed by atoms with Gasteiger partial charge in [0, 0.05) is 19.9 Å². The third-order valence-electron chi connectivity index (χ3n) is 1.90. The van der Waals surface area contributed by atoms with Gasteiger partial charge in [0.05, 0.1) is 18.9 Å². The van der Waals surface area contributed by atoms with E-state index in [0.717, 1.165) is 0 Å². The molecular formula is C11H16N2O3. The van der Waals surface area contributed by atoms with Crippen molar-refractivity contribution in [3.05, 3.63) is 24.0 Å². The van der Waals surface area contributed by atoms with Gasteiger partial charge in [-0.15, -0.1) is 0 Å². The Bertz CT molecular complexity index is 342. The number of esters is 1. The second kappa shape index (κ2) is 6.79. The van der Waals surface area contributed by atoms with E-state index in [9.17, 15) is 4.79 Å². The van der Waals surface area contributed by atoms with E-state index < -0.39 is 5.97 Å². The second-order valence-corrected chi connectivity index (χ2v) is 3.04. The normalized spacial score (nSPS) is 9.88. The molecule has 0 amide bonds. The molecule has 5 heteroatoms. The van der Waals surface area contributed by atoms with Crippen molar-refractivity contribution in [1.82, 2.24) is 4.98 Å². The topological polar surface area (TPSA) is 60.5 Å². The summed E-state index contributed by atoms with van der Waals surface area (Å²) in [6.45, 7) is 3.29. The summed E-state index contributed by atoms with van der Waals surface area (Å²) in [5.41, 5.74) is 0.971. The lowest BCUT2D eigenvalue weighted by molar-refractivity contribution is 0.0520. The second-order valence-electron chi connectivity index (χ2n) is 3.04. The maximum atomic E-state index is 11.5. The Labute approximate surface area is 94.8 Å². The molecule has 5 nitrogen and oxygen atoms in total. The zero-order valence-corrected chi connectivity index (χ0v) is 9.53. The van der Waals surface area contributed by atoms with Crippen LogP contribution < -0.4 is 5.32 Å². The van der Waals surface area contributed by atoms with Gasteiger partial charge in [-0.3, -0.25) is 0 Å². The van der Waals surface area contributed by atoms with E-state index in [1.54, 1.807) is 32.4 Å². The molecule has 0 aliphatic rings. The molecule has 0 radical (unpaired) electrons. The highest BCUT2D eigenvalue weighted by Gasteiger charge is 2.12. The summed E-state index contributed by atoms with van der Waals surface area (Å²) in [5.74, 6) is -0.414. The van der Waals surface area contributed by atoms with Gasteiger partial charge in [-0.1, -0.05) is 0 Å². The summed E-state index contributed by atoms with van der Waals surface area (Å²) >= 11 is 0. The van der Waals surface area contributed by atoms with Crippen LogP contribution in [0.4, 0.5) is 5.69 Å². The van der Waals surface area contributed by atoms with Gasteiger partial charge in [-0.25, -0.2) is 9.78 Å². The van der Waals surface area contributed by atoms with Gasteiger partial charge in [-0.2, -0.15) is 0 Å². The van der Waals surface area contributed by atoms with E-state index in [1.165, 1.54) is 0 Å². The van der Waals surface area contributed by atoms with E-state index in [2.05, 4.69) is 10.3 Å². The highest BCUT2D eigenvalue weighted by Crippen LogP contribution is 2.12. The van der Waals surface area contributed by atoms with Gasteiger partial charge in [0.2, 0.25) is 0 Å². The number of anilines is 1. The number of nitrogens with one attached hydrogen (secondary N) is 1. The van der Waals surface area contributed by atoms with E-state index in [1.807, 2.05) is 0 Å². The van der Waals surface area contributed by atoms with Gasteiger partial charge in [-0.05, 0) is 19.1 Å². The average Bonchev–Trinajstić information content (AvgIpc) is 2.30. The smallest absolute Gasteiger partial charge is 0.359 e. The number of methoxy groups -OCH3 is 1. The molecule has 88 valence electrons. The van der Waals surface area contributed by atoms with Crippen LogP contribution in [0.3, 0.4) is 0 Å².